The molecule has 0 saturated carbocycles. The van der Waals surface area contributed by atoms with E-state index in [0.717, 1.165) is 0 Å². The molecule has 5 heteroatoms. The highest BCUT2D eigenvalue weighted by molar-refractivity contribution is 9.10. The maximum Gasteiger partial charge on any atom is 0.335 e. The molecule has 0 aliphatic rings. The SMILES string of the molecule is Cc1cc(Oc2ccc(C(=O)O)cc2Br)ccc1F. The normalized spacial score (nSPS) is 10.3. The molecule has 0 heterocycles. The van der Waals surface area contributed by atoms with Crippen molar-refractivity contribution < 1.29 is 19.0 Å². The largest absolute Gasteiger partial charge is 0.478 e. The second kappa shape index (κ2) is 5.40. The number of aryl methyl sites for hydroxylation is 1. The number of carboxylic acids is 1. The molecule has 0 radical (unpaired) electrons. The zero-order valence-corrected chi connectivity index (χ0v) is 11.6. The number of carboxylic acid groups (broad SMARTS) is 1. The molecular weight excluding hydrogens is 315 g/mol. The summed E-state index contributed by atoms with van der Waals surface area (Å²) < 4.78 is 19.2. The predicted octanol–water partition coefficient (Wildman–Crippen LogP) is 4.39. The van der Waals surface area contributed by atoms with Gasteiger partial charge in [-0.15, -0.1) is 0 Å². The average molecular weight is 325 g/mol. The van der Waals surface area contributed by atoms with Crippen molar-refractivity contribution in [3.05, 3.63) is 57.8 Å². The van der Waals surface area contributed by atoms with Crippen LogP contribution in [0, 0.1) is 12.7 Å². The second-order valence-corrected chi connectivity index (χ2v) is 4.82. The third-order valence-corrected chi connectivity index (χ3v) is 3.16. The minimum Gasteiger partial charge on any atom is -0.478 e. The Morgan fingerprint density at radius 2 is 2.00 bits per heavy atom. The lowest BCUT2D eigenvalue weighted by atomic mass is 10.2. The molecule has 0 aliphatic heterocycles. The molecule has 2 aromatic rings. The Labute approximate surface area is 117 Å². The fourth-order valence-electron chi connectivity index (χ4n) is 1.52. The minimum absolute atomic E-state index is 0.162. The number of rotatable bonds is 3. The van der Waals surface area contributed by atoms with Gasteiger partial charge in [0.25, 0.3) is 0 Å². The smallest absolute Gasteiger partial charge is 0.335 e. The number of hydrogen-bond donors (Lipinski definition) is 1. The first kappa shape index (κ1) is 13.5. The molecule has 0 unspecified atom stereocenters. The van der Waals surface area contributed by atoms with Crippen molar-refractivity contribution in [2.24, 2.45) is 0 Å². The van der Waals surface area contributed by atoms with Crippen molar-refractivity contribution in [2.75, 3.05) is 0 Å². The fourth-order valence-corrected chi connectivity index (χ4v) is 1.98. The highest BCUT2D eigenvalue weighted by atomic mass is 79.9. The van der Waals surface area contributed by atoms with Gasteiger partial charge in [0.15, 0.2) is 0 Å². The van der Waals surface area contributed by atoms with Crippen molar-refractivity contribution in [1.82, 2.24) is 0 Å². The van der Waals surface area contributed by atoms with Gasteiger partial charge < -0.3 is 9.84 Å². The molecule has 3 nitrogen and oxygen atoms in total. The van der Waals surface area contributed by atoms with Crippen LogP contribution in [0.25, 0.3) is 0 Å². The Morgan fingerprint density at radius 1 is 1.26 bits per heavy atom. The lowest BCUT2D eigenvalue weighted by Crippen LogP contribution is -1.96. The van der Waals surface area contributed by atoms with Gasteiger partial charge in [0.05, 0.1) is 10.0 Å². The maximum absolute atomic E-state index is 13.1. The van der Waals surface area contributed by atoms with Gasteiger partial charge in [0, 0.05) is 0 Å². The second-order valence-electron chi connectivity index (χ2n) is 3.96. The molecular formula is C14H10BrFO3. The zero-order valence-electron chi connectivity index (χ0n) is 9.98. The summed E-state index contributed by atoms with van der Waals surface area (Å²) in [5.41, 5.74) is 0.644. The molecule has 0 spiro atoms. The van der Waals surface area contributed by atoms with Gasteiger partial charge >= 0.3 is 5.97 Å². The van der Waals surface area contributed by atoms with Crippen molar-refractivity contribution in [2.45, 2.75) is 6.92 Å². The summed E-state index contributed by atoms with van der Waals surface area (Å²) in [6.07, 6.45) is 0. The van der Waals surface area contributed by atoms with Gasteiger partial charge in [-0.25, -0.2) is 9.18 Å². The fraction of sp³-hybridized carbons (Fsp3) is 0.0714. The van der Waals surface area contributed by atoms with Gasteiger partial charge in [-0.2, -0.15) is 0 Å². The molecule has 0 fully saturated rings. The van der Waals surface area contributed by atoms with Crippen molar-refractivity contribution in [3.63, 3.8) is 0 Å². The standard InChI is InChI=1S/C14H10BrFO3/c1-8-6-10(3-4-12(8)16)19-13-5-2-9(14(17)18)7-11(13)15/h2-7H,1H3,(H,17,18). The summed E-state index contributed by atoms with van der Waals surface area (Å²) in [6, 6.07) is 8.86. The predicted molar refractivity (Wildman–Crippen MR) is 72.3 cm³/mol. The summed E-state index contributed by atoms with van der Waals surface area (Å²) in [5.74, 6) is -0.351. The van der Waals surface area contributed by atoms with Gasteiger partial charge in [-0.1, -0.05) is 0 Å². The van der Waals surface area contributed by atoms with Crippen LogP contribution in [0.4, 0.5) is 4.39 Å². The van der Waals surface area contributed by atoms with Crippen LogP contribution in [0.2, 0.25) is 0 Å². The van der Waals surface area contributed by atoms with E-state index in [0.29, 0.717) is 21.5 Å². The van der Waals surface area contributed by atoms with E-state index in [-0.39, 0.29) is 11.4 Å². The topological polar surface area (TPSA) is 46.5 Å². The van der Waals surface area contributed by atoms with Crippen molar-refractivity contribution in [1.29, 1.82) is 0 Å². The highest BCUT2D eigenvalue weighted by Crippen LogP contribution is 2.31. The van der Waals surface area contributed by atoms with Crippen molar-refractivity contribution in [3.8, 4) is 11.5 Å². The molecule has 0 saturated heterocycles. The molecule has 0 atom stereocenters. The number of halogens is 2. The lowest BCUT2D eigenvalue weighted by molar-refractivity contribution is 0.0697. The Balaban J connectivity index is 2.28. The average Bonchev–Trinajstić information content (AvgIpc) is 2.36. The van der Waals surface area contributed by atoms with Crippen LogP contribution in [0.3, 0.4) is 0 Å². The Kier molecular flexibility index (Phi) is 3.85. The van der Waals surface area contributed by atoms with Crippen LogP contribution in [0.5, 0.6) is 11.5 Å². The first-order valence-corrected chi connectivity index (χ1v) is 6.23. The van der Waals surface area contributed by atoms with Crippen molar-refractivity contribution >= 4 is 21.9 Å². The molecule has 1 N–H and O–H groups in total. The summed E-state index contributed by atoms with van der Waals surface area (Å²) in [5, 5.41) is 8.85. The molecule has 0 amide bonds. The van der Waals surface area contributed by atoms with Gasteiger partial charge in [-0.05, 0) is 64.8 Å². The van der Waals surface area contributed by atoms with Gasteiger partial charge in [0.1, 0.15) is 17.3 Å². The molecule has 0 aliphatic carbocycles. The number of aromatic carboxylic acids is 1. The Bertz CT molecular complexity index is 641. The quantitative estimate of drug-likeness (QED) is 0.910. The van der Waals surface area contributed by atoms with Crippen LogP contribution in [0.1, 0.15) is 15.9 Å². The number of benzene rings is 2. The zero-order chi connectivity index (χ0) is 14.0. The highest BCUT2D eigenvalue weighted by Gasteiger charge is 2.09. The first-order valence-electron chi connectivity index (χ1n) is 5.44. The van der Waals surface area contributed by atoms with E-state index >= 15 is 0 Å². The summed E-state index contributed by atoms with van der Waals surface area (Å²) in [7, 11) is 0. The maximum atomic E-state index is 13.1. The monoisotopic (exact) mass is 324 g/mol. The van der Waals surface area contributed by atoms with E-state index in [1.807, 2.05) is 0 Å². The molecule has 2 rings (SSSR count). The Morgan fingerprint density at radius 3 is 2.58 bits per heavy atom. The first-order chi connectivity index (χ1) is 8.97. The van der Waals surface area contributed by atoms with E-state index in [2.05, 4.69) is 15.9 Å². The van der Waals surface area contributed by atoms with E-state index in [1.165, 1.54) is 24.3 Å². The third-order valence-electron chi connectivity index (χ3n) is 2.54. The Hall–Kier alpha value is -1.88. The summed E-state index contributed by atoms with van der Waals surface area (Å²) >= 11 is 3.24. The third kappa shape index (κ3) is 3.12. The lowest BCUT2D eigenvalue weighted by Gasteiger charge is -2.09. The number of hydrogen-bond acceptors (Lipinski definition) is 2. The minimum atomic E-state index is -1.01. The molecule has 2 aromatic carbocycles. The van der Waals surface area contributed by atoms with Crippen LogP contribution < -0.4 is 4.74 Å². The van der Waals surface area contributed by atoms with Gasteiger partial charge in [0.2, 0.25) is 0 Å². The molecule has 0 aromatic heterocycles. The summed E-state index contributed by atoms with van der Waals surface area (Å²) in [6.45, 7) is 1.64. The van der Waals surface area contributed by atoms with E-state index in [9.17, 15) is 9.18 Å². The van der Waals surface area contributed by atoms with Crippen LogP contribution in [0.15, 0.2) is 40.9 Å². The van der Waals surface area contributed by atoms with Crippen LogP contribution in [-0.2, 0) is 0 Å². The van der Waals surface area contributed by atoms with Crippen LogP contribution >= 0.6 is 15.9 Å². The van der Waals surface area contributed by atoms with E-state index in [4.69, 9.17) is 9.84 Å². The number of ether oxygens (including phenoxy) is 1. The van der Waals surface area contributed by atoms with E-state index < -0.39 is 5.97 Å². The summed E-state index contributed by atoms with van der Waals surface area (Å²) in [4.78, 5) is 10.8. The van der Waals surface area contributed by atoms with Crippen LogP contribution in [-0.4, -0.2) is 11.1 Å². The molecule has 19 heavy (non-hydrogen) atoms. The molecule has 98 valence electrons. The molecule has 0 bridgehead atoms. The number of carbonyl (C=O) groups is 1. The van der Waals surface area contributed by atoms with E-state index in [1.54, 1.807) is 19.1 Å². The van der Waals surface area contributed by atoms with Gasteiger partial charge in [-0.3, -0.25) is 0 Å².